The Morgan fingerprint density at radius 1 is 1.04 bits per heavy atom. The molecule has 1 aliphatic heterocycles. The fourth-order valence-corrected chi connectivity index (χ4v) is 2.92. The first-order valence-electron chi connectivity index (χ1n) is 7.17. The van der Waals surface area contributed by atoms with Crippen LogP contribution in [0.15, 0.2) is 45.6 Å². The van der Waals surface area contributed by atoms with Gasteiger partial charge in [-0.15, -0.1) is 0 Å². The molecule has 0 bridgehead atoms. The molecule has 0 unspecified atom stereocenters. The number of fused-ring (bicyclic) bond motifs is 5. The van der Waals surface area contributed by atoms with E-state index >= 15 is 0 Å². The molecule has 0 saturated heterocycles. The number of rotatable bonds is 2. The lowest BCUT2D eigenvalue weighted by molar-refractivity contribution is 0.302. The monoisotopic (exact) mass is 310 g/mol. The first kappa shape index (κ1) is 13.7. The zero-order valence-electron chi connectivity index (χ0n) is 12.7. The van der Waals surface area contributed by atoms with Gasteiger partial charge in [0, 0.05) is 6.07 Å². The van der Waals surface area contributed by atoms with Crippen molar-refractivity contribution in [2.24, 2.45) is 0 Å². The second kappa shape index (κ2) is 5.05. The molecule has 116 valence electrons. The highest BCUT2D eigenvalue weighted by Crippen LogP contribution is 2.43. The van der Waals surface area contributed by atoms with Crippen molar-refractivity contribution in [3.05, 3.63) is 52.4 Å². The van der Waals surface area contributed by atoms with Crippen molar-refractivity contribution in [2.75, 3.05) is 14.2 Å². The van der Waals surface area contributed by atoms with Crippen LogP contribution in [-0.4, -0.2) is 14.2 Å². The van der Waals surface area contributed by atoms with Gasteiger partial charge in [-0.2, -0.15) is 0 Å². The summed E-state index contributed by atoms with van der Waals surface area (Å²) in [6, 6.07) is 11.1. The molecule has 0 radical (unpaired) electrons. The average Bonchev–Trinajstić information content (AvgIpc) is 2.60. The van der Waals surface area contributed by atoms with Gasteiger partial charge in [0.05, 0.1) is 19.6 Å². The van der Waals surface area contributed by atoms with Crippen molar-refractivity contribution in [3.8, 4) is 28.4 Å². The SMILES string of the molecule is COc1cc2oc(=O)c3c(c2cc1OC)OCc1ccccc1-3. The lowest BCUT2D eigenvalue weighted by atomic mass is 9.97. The summed E-state index contributed by atoms with van der Waals surface area (Å²) in [6.07, 6.45) is 0. The third-order valence-electron chi connectivity index (χ3n) is 4.02. The molecule has 3 aromatic rings. The maximum absolute atomic E-state index is 12.5. The number of hydrogen-bond acceptors (Lipinski definition) is 5. The van der Waals surface area contributed by atoms with E-state index in [0.29, 0.717) is 40.4 Å². The Morgan fingerprint density at radius 3 is 2.57 bits per heavy atom. The number of ether oxygens (including phenoxy) is 3. The Balaban J connectivity index is 2.09. The van der Waals surface area contributed by atoms with Crippen LogP contribution in [-0.2, 0) is 6.61 Å². The third-order valence-corrected chi connectivity index (χ3v) is 4.02. The molecule has 0 amide bonds. The van der Waals surface area contributed by atoms with E-state index in [2.05, 4.69) is 0 Å². The summed E-state index contributed by atoms with van der Waals surface area (Å²) < 4.78 is 21.9. The largest absolute Gasteiger partial charge is 0.493 e. The van der Waals surface area contributed by atoms with Crippen molar-refractivity contribution in [3.63, 3.8) is 0 Å². The van der Waals surface area contributed by atoms with Crippen LogP contribution in [0.1, 0.15) is 5.56 Å². The van der Waals surface area contributed by atoms with Crippen molar-refractivity contribution < 1.29 is 18.6 Å². The van der Waals surface area contributed by atoms with Gasteiger partial charge in [-0.05, 0) is 17.2 Å². The van der Waals surface area contributed by atoms with E-state index in [4.69, 9.17) is 18.6 Å². The van der Waals surface area contributed by atoms with Crippen molar-refractivity contribution in [1.82, 2.24) is 0 Å². The van der Waals surface area contributed by atoms with Crippen LogP contribution in [0.3, 0.4) is 0 Å². The van der Waals surface area contributed by atoms with Crippen molar-refractivity contribution >= 4 is 11.0 Å². The summed E-state index contributed by atoms with van der Waals surface area (Å²) in [5.74, 6) is 1.58. The molecule has 5 nitrogen and oxygen atoms in total. The van der Waals surface area contributed by atoms with E-state index in [9.17, 15) is 4.79 Å². The maximum Gasteiger partial charge on any atom is 0.348 e. The minimum Gasteiger partial charge on any atom is -0.493 e. The molecule has 23 heavy (non-hydrogen) atoms. The van der Waals surface area contributed by atoms with Gasteiger partial charge in [-0.1, -0.05) is 24.3 Å². The highest BCUT2D eigenvalue weighted by molar-refractivity contribution is 5.93. The van der Waals surface area contributed by atoms with Crippen LogP contribution in [0.2, 0.25) is 0 Å². The van der Waals surface area contributed by atoms with Gasteiger partial charge < -0.3 is 18.6 Å². The predicted molar refractivity (Wildman–Crippen MR) is 85.4 cm³/mol. The lowest BCUT2D eigenvalue weighted by Crippen LogP contribution is -2.14. The molecule has 0 saturated carbocycles. The lowest BCUT2D eigenvalue weighted by Gasteiger charge is -2.21. The second-order valence-electron chi connectivity index (χ2n) is 5.24. The topological polar surface area (TPSA) is 57.9 Å². The highest BCUT2D eigenvalue weighted by Gasteiger charge is 2.25. The normalized spacial score (nSPS) is 12.3. The molecule has 0 atom stereocenters. The zero-order chi connectivity index (χ0) is 16.0. The summed E-state index contributed by atoms with van der Waals surface area (Å²) in [7, 11) is 3.10. The van der Waals surface area contributed by atoms with Crippen LogP contribution < -0.4 is 19.8 Å². The smallest absolute Gasteiger partial charge is 0.348 e. The Labute approximate surface area is 132 Å². The van der Waals surface area contributed by atoms with Crippen LogP contribution in [0.25, 0.3) is 22.1 Å². The number of benzene rings is 2. The Bertz CT molecular complexity index is 971. The Morgan fingerprint density at radius 2 is 1.78 bits per heavy atom. The first-order valence-corrected chi connectivity index (χ1v) is 7.17. The standard InChI is InChI=1S/C18H14O5/c1-20-14-7-12-13(8-15(14)21-2)23-18(19)16-11-6-4-3-5-10(11)9-22-17(12)16/h3-8H,9H2,1-2H3. The Kier molecular flexibility index (Phi) is 3.01. The minimum absolute atomic E-state index is 0.408. The molecular formula is C18H14O5. The quantitative estimate of drug-likeness (QED) is 0.679. The van der Waals surface area contributed by atoms with Gasteiger partial charge in [0.2, 0.25) is 0 Å². The summed E-state index contributed by atoms with van der Waals surface area (Å²) in [5, 5.41) is 0.687. The summed E-state index contributed by atoms with van der Waals surface area (Å²) in [5.41, 5.74) is 2.25. The van der Waals surface area contributed by atoms with Crippen molar-refractivity contribution in [2.45, 2.75) is 6.61 Å². The molecule has 0 spiro atoms. The predicted octanol–water partition coefficient (Wildman–Crippen LogP) is 3.37. The summed E-state index contributed by atoms with van der Waals surface area (Å²) in [6.45, 7) is 0.413. The zero-order valence-corrected chi connectivity index (χ0v) is 12.7. The van der Waals surface area contributed by atoms with Crippen molar-refractivity contribution in [1.29, 1.82) is 0 Å². The summed E-state index contributed by atoms with van der Waals surface area (Å²) in [4.78, 5) is 12.5. The molecule has 2 heterocycles. The molecule has 0 fully saturated rings. The van der Waals surface area contributed by atoms with Gasteiger partial charge in [0.25, 0.3) is 0 Å². The average molecular weight is 310 g/mol. The van der Waals surface area contributed by atoms with Gasteiger partial charge in [0.15, 0.2) is 11.5 Å². The van der Waals surface area contributed by atoms with E-state index in [1.807, 2.05) is 24.3 Å². The van der Waals surface area contributed by atoms with Crippen LogP contribution in [0, 0.1) is 0 Å². The van der Waals surface area contributed by atoms with Gasteiger partial charge in [-0.25, -0.2) is 4.79 Å². The molecular weight excluding hydrogens is 296 g/mol. The number of methoxy groups -OCH3 is 2. The van der Waals surface area contributed by atoms with E-state index in [1.165, 1.54) is 7.11 Å². The highest BCUT2D eigenvalue weighted by atomic mass is 16.5. The molecule has 5 heteroatoms. The molecule has 1 aromatic heterocycles. The van der Waals surface area contributed by atoms with Gasteiger partial charge in [0.1, 0.15) is 23.5 Å². The molecule has 0 N–H and O–H groups in total. The van der Waals surface area contributed by atoms with E-state index in [-0.39, 0.29) is 0 Å². The fraction of sp³-hybridized carbons (Fsp3) is 0.167. The fourth-order valence-electron chi connectivity index (χ4n) is 2.92. The third kappa shape index (κ3) is 1.97. The molecule has 1 aliphatic rings. The second-order valence-corrected chi connectivity index (χ2v) is 5.24. The van der Waals surface area contributed by atoms with Crippen LogP contribution >= 0.6 is 0 Å². The van der Waals surface area contributed by atoms with Gasteiger partial charge in [-0.3, -0.25) is 0 Å². The maximum atomic E-state index is 12.5. The van der Waals surface area contributed by atoms with E-state index in [1.54, 1.807) is 19.2 Å². The van der Waals surface area contributed by atoms with E-state index in [0.717, 1.165) is 11.1 Å². The molecule has 0 aliphatic carbocycles. The van der Waals surface area contributed by atoms with Gasteiger partial charge >= 0.3 is 5.63 Å². The summed E-state index contributed by atoms with van der Waals surface area (Å²) >= 11 is 0. The number of hydrogen-bond donors (Lipinski definition) is 0. The van der Waals surface area contributed by atoms with Crippen LogP contribution in [0.4, 0.5) is 0 Å². The molecule has 4 rings (SSSR count). The minimum atomic E-state index is -0.424. The first-order chi connectivity index (χ1) is 11.2. The molecule has 2 aromatic carbocycles. The Hall–Kier alpha value is -2.95. The van der Waals surface area contributed by atoms with E-state index < -0.39 is 5.63 Å². The van der Waals surface area contributed by atoms with Crippen LogP contribution in [0.5, 0.6) is 17.2 Å².